The van der Waals surface area contributed by atoms with Gasteiger partial charge in [0.25, 0.3) is 0 Å². The summed E-state index contributed by atoms with van der Waals surface area (Å²) in [4.78, 5) is 23.2. The Bertz CT molecular complexity index is 944. The van der Waals surface area contributed by atoms with E-state index in [1.165, 1.54) is 33.5 Å². The molecule has 5 nitrogen and oxygen atoms in total. The van der Waals surface area contributed by atoms with Crippen LogP contribution in [-0.4, -0.2) is 20.0 Å². The average molecular weight is 304 g/mol. The van der Waals surface area contributed by atoms with Crippen molar-refractivity contribution in [3.8, 4) is 0 Å². The largest absolute Gasteiger partial charge is 0.478 e. The fraction of sp³-hybridized carbons (Fsp3) is 0.0667. The Morgan fingerprint density at radius 1 is 1.14 bits per heavy atom. The molecular weight excluding hydrogens is 294 g/mol. The quantitative estimate of drug-likeness (QED) is 0.806. The molecule has 0 bridgehead atoms. The molecular formula is C15H10F2N2O3. The highest BCUT2D eigenvalue weighted by Crippen LogP contribution is 2.11. The lowest BCUT2D eigenvalue weighted by Gasteiger charge is -2.07. The summed E-state index contributed by atoms with van der Waals surface area (Å²) in [6, 6.07) is 6.35. The molecule has 0 amide bonds. The molecule has 7 heteroatoms. The number of benzene rings is 1. The van der Waals surface area contributed by atoms with E-state index in [1.54, 1.807) is 6.07 Å². The van der Waals surface area contributed by atoms with Crippen LogP contribution < -0.4 is 5.69 Å². The van der Waals surface area contributed by atoms with Crippen molar-refractivity contribution in [1.82, 2.24) is 8.97 Å². The molecule has 0 unspecified atom stereocenters. The number of aromatic nitrogens is 2. The fourth-order valence-corrected chi connectivity index (χ4v) is 2.21. The topological polar surface area (TPSA) is 63.7 Å². The van der Waals surface area contributed by atoms with E-state index in [2.05, 4.69) is 0 Å². The molecule has 2 aromatic heterocycles. The molecule has 112 valence electrons. The molecule has 0 aliphatic rings. The Balaban J connectivity index is 2.04. The van der Waals surface area contributed by atoms with Gasteiger partial charge in [0.05, 0.1) is 17.6 Å². The van der Waals surface area contributed by atoms with Crippen molar-refractivity contribution in [1.29, 1.82) is 0 Å². The molecule has 3 rings (SSSR count). The van der Waals surface area contributed by atoms with Gasteiger partial charge in [0.2, 0.25) is 0 Å². The van der Waals surface area contributed by atoms with Gasteiger partial charge in [-0.2, -0.15) is 0 Å². The fourth-order valence-electron chi connectivity index (χ4n) is 2.21. The second-order valence-corrected chi connectivity index (χ2v) is 4.80. The van der Waals surface area contributed by atoms with Crippen molar-refractivity contribution in [2.24, 2.45) is 0 Å². The molecule has 0 spiro atoms. The monoisotopic (exact) mass is 304 g/mol. The Labute approximate surface area is 122 Å². The number of hydrogen-bond donors (Lipinski definition) is 1. The van der Waals surface area contributed by atoms with E-state index < -0.39 is 23.3 Å². The Hall–Kier alpha value is -2.96. The van der Waals surface area contributed by atoms with Crippen molar-refractivity contribution in [3.63, 3.8) is 0 Å². The second kappa shape index (κ2) is 5.10. The van der Waals surface area contributed by atoms with E-state index in [1.807, 2.05) is 0 Å². The normalized spacial score (nSPS) is 11.0. The summed E-state index contributed by atoms with van der Waals surface area (Å²) >= 11 is 0. The first-order chi connectivity index (χ1) is 10.5. The minimum absolute atomic E-state index is 0.00248. The van der Waals surface area contributed by atoms with E-state index in [-0.39, 0.29) is 12.1 Å². The maximum Gasteiger partial charge on any atom is 0.337 e. The lowest BCUT2D eigenvalue weighted by atomic mass is 10.2. The number of carboxylic acid groups (broad SMARTS) is 1. The Morgan fingerprint density at radius 2 is 1.91 bits per heavy atom. The lowest BCUT2D eigenvalue weighted by Crippen LogP contribution is -2.25. The smallest absolute Gasteiger partial charge is 0.337 e. The molecule has 22 heavy (non-hydrogen) atoms. The van der Waals surface area contributed by atoms with Crippen molar-refractivity contribution in [2.45, 2.75) is 6.54 Å². The second-order valence-electron chi connectivity index (χ2n) is 4.80. The van der Waals surface area contributed by atoms with Gasteiger partial charge in [0.15, 0.2) is 11.6 Å². The number of rotatable bonds is 3. The Morgan fingerprint density at radius 3 is 2.59 bits per heavy atom. The average Bonchev–Trinajstić information content (AvgIpc) is 2.91. The molecule has 0 saturated heterocycles. The molecule has 2 heterocycles. The first-order valence-corrected chi connectivity index (χ1v) is 6.34. The minimum atomic E-state index is -1.13. The molecule has 0 atom stereocenters. The van der Waals surface area contributed by atoms with Crippen molar-refractivity contribution < 1.29 is 18.7 Å². The third kappa shape index (κ3) is 2.37. The Kier molecular flexibility index (Phi) is 3.25. The van der Waals surface area contributed by atoms with Crippen LogP contribution in [0.1, 0.15) is 15.9 Å². The van der Waals surface area contributed by atoms with Crippen LogP contribution in [0.25, 0.3) is 5.52 Å². The highest BCUT2D eigenvalue weighted by Gasteiger charge is 2.10. The highest BCUT2D eigenvalue weighted by molar-refractivity contribution is 5.89. The van der Waals surface area contributed by atoms with Crippen LogP contribution in [0.3, 0.4) is 0 Å². The molecule has 1 N–H and O–H groups in total. The highest BCUT2D eigenvalue weighted by atomic mass is 19.2. The van der Waals surface area contributed by atoms with Gasteiger partial charge in [-0.05, 0) is 29.8 Å². The summed E-state index contributed by atoms with van der Waals surface area (Å²) in [5.74, 6) is -3.07. The van der Waals surface area contributed by atoms with E-state index in [4.69, 9.17) is 5.11 Å². The molecule has 0 aliphatic heterocycles. The van der Waals surface area contributed by atoms with Gasteiger partial charge >= 0.3 is 11.7 Å². The van der Waals surface area contributed by atoms with Gasteiger partial charge in [-0.25, -0.2) is 18.4 Å². The van der Waals surface area contributed by atoms with Gasteiger partial charge in [-0.15, -0.1) is 0 Å². The summed E-state index contributed by atoms with van der Waals surface area (Å²) in [7, 11) is 0. The lowest BCUT2D eigenvalue weighted by molar-refractivity contribution is 0.0697. The SMILES string of the molecule is O=C(O)c1cc2ccn(Cc3ccc(F)c(F)c3)c(=O)n2c1. The number of carbonyl (C=O) groups is 1. The molecule has 0 radical (unpaired) electrons. The summed E-state index contributed by atoms with van der Waals surface area (Å²) in [6.45, 7) is 0.0482. The van der Waals surface area contributed by atoms with Crippen molar-refractivity contribution in [2.75, 3.05) is 0 Å². The zero-order valence-corrected chi connectivity index (χ0v) is 11.2. The van der Waals surface area contributed by atoms with E-state index >= 15 is 0 Å². The third-order valence-corrected chi connectivity index (χ3v) is 3.31. The summed E-state index contributed by atoms with van der Waals surface area (Å²) in [6.07, 6.45) is 2.70. The number of nitrogens with zero attached hydrogens (tertiary/aromatic N) is 2. The summed E-state index contributed by atoms with van der Waals surface area (Å²) in [5.41, 5.74) is 0.410. The number of fused-ring (bicyclic) bond motifs is 1. The molecule has 1 aromatic carbocycles. The van der Waals surface area contributed by atoms with E-state index in [0.29, 0.717) is 11.1 Å². The van der Waals surface area contributed by atoms with Gasteiger partial charge in [0, 0.05) is 12.4 Å². The number of hydrogen-bond acceptors (Lipinski definition) is 2. The van der Waals surface area contributed by atoms with Crippen LogP contribution in [0.2, 0.25) is 0 Å². The van der Waals surface area contributed by atoms with E-state index in [9.17, 15) is 18.4 Å². The van der Waals surface area contributed by atoms with Crippen LogP contribution in [0.15, 0.2) is 47.5 Å². The van der Waals surface area contributed by atoms with Gasteiger partial charge in [-0.3, -0.25) is 8.97 Å². The first-order valence-electron chi connectivity index (χ1n) is 6.34. The van der Waals surface area contributed by atoms with Crippen LogP contribution >= 0.6 is 0 Å². The first kappa shape index (κ1) is 14.0. The molecule has 3 aromatic rings. The van der Waals surface area contributed by atoms with Gasteiger partial charge < -0.3 is 5.11 Å². The zero-order chi connectivity index (χ0) is 15.9. The molecule has 0 aliphatic carbocycles. The van der Waals surface area contributed by atoms with Crippen LogP contribution in [0.5, 0.6) is 0 Å². The minimum Gasteiger partial charge on any atom is -0.478 e. The number of carboxylic acids is 1. The van der Waals surface area contributed by atoms with E-state index in [0.717, 1.165) is 12.1 Å². The van der Waals surface area contributed by atoms with Crippen LogP contribution in [0, 0.1) is 11.6 Å². The van der Waals surface area contributed by atoms with Crippen molar-refractivity contribution in [3.05, 3.63) is 76.0 Å². The summed E-state index contributed by atoms with van der Waals surface area (Å²) < 4.78 is 28.6. The third-order valence-electron chi connectivity index (χ3n) is 3.31. The maximum atomic E-state index is 13.2. The zero-order valence-electron chi connectivity index (χ0n) is 11.2. The summed E-state index contributed by atoms with van der Waals surface area (Å²) in [5, 5.41) is 8.94. The molecule has 0 fully saturated rings. The molecule has 0 saturated carbocycles. The van der Waals surface area contributed by atoms with Gasteiger partial charge in [-0.1, -0.05) is 6.07 Å². The number of halogens is 2. The van der Waals surface area contributed by atoms with Crippen molar-refractivity contribution >= 4 is 11.5 Å². The predicted octanol–water partition coefficient (Wildman–Crippen LogP) is 2.13. The standard InChI is InChI=1S/C15H10F2N2O3/c16-12-2-1-9(5-13(12)17)7-18-4-3-11-6-10(14(20)21)8-19(11)15(18)22/h1-6,8H,7H2,(H,20,21). The van der Waals surface area contributed by atoms with Crippen LogP contribution in [0.4, 0.5) is 8.78 Å². The van der Waals surface area contributed by atoms with Crippen LogP contribution in [-0.2, 0) is 6.54 Å². The maximum absolute atomic E-state index is 13.2. The number of aromatic carboxylic acids is 1. The van der Waals surface area contributed by atoms with Gasteiger partial charge in [0.1, 0.15) is 0 Å². The predicted molar refractivity (Wildman–Crippen MR) is 74.1 cm³/mol.